The fourth-order valence-electron chi connectivity index (χ4n) is 3.09. The number of hydrogen-bond donors (Lipinski definition) is 0. The van der Waals surface area contributed by atoms with Gasteiger partial charge in [0.15, 0.2) is 0 Å². The van der Waals surface area contributed by atoms with Crippen molar-refractivity contribution in [2.24, 2.45) is 0 Å². The van der Waals surface area contributed by atoms with Crippen molar-refractivity contribution in [3.05, 3.63) is 88.9 Å². The molecule has 0 radical (unpaired) electrons. The van der Waals surface area contributed by atoms with E-state index in [0.717, 1.165) is 5.56 Å². The van der Waals surface area contributed by atoms with E-state index in [4.69, 9.17) is 14.2 Å². The van der Waals surface area contributed by atoms with Gasteiger partial charge < -0.3 is 14.2 Å². The molecule has 1 aromatic heterocycles. The molecule has 0 N–H and O–H groups in total. The number of thioether (sulfide) groups is 1. The summed E-state index contributed by atoms with van der Waals surface area (Å²) in [4.78, 5) is 16.7. The molecule has 5 nitrogen and oxygen atoms in total. The number of fused-ring (bicyclic) bond motifs is 1. The van der Waals surface area contributed by atoms with Crippen LogP contribution in [0.3, 0.4) is 0 Å². The lowest BCUT2D eigenvalue weighted by Crippen LogP contribution is -2.20. The van der Waals surface area contributed by atoms with Crippen molar-refractivity contribution < 1.29 is 23.4 Å². The van der Waals surface area contributed by atoms with Crippen LogP contribution < -0.4 is 4.74 Å². The first-order valence-corrected chi connectivity index (χ1v) is 10.2. The zero-order valence-electron chi connectivity index (χ0n) is 15.6. The van der Waals surface area contributed by atoms with Crippen molar-refractivity contribution in [3.63, 3.8) is 0 Å². The van der Waals surface area contributed by atoms with Gasteiger partial charge in [-0.15, -0.1) is 11.8 Å². The molecule has 4 rings (SSSR count). The summed E-state index contributed by atoms with van der Waals surface area (Å²) >= 11 is 1.36. The fraction of sp³-hybridized carbons (Fsp3) is 0.182. The van der Waals surface area contributed by atoms with Gasteiger partial charge in [-0.05, 0) is 30.5 Å². The van der Waals surface area contributed by atoms with Crippen LogP contribution in [-0.4, -0.2) is 17.2 Å². The van der Waals surface area contributed by atoms with Gasteiger partial charge in [-0.2, -0.15) is 0 Å². The number of aromatic nitrogens is 1. The van der Waals surface area contributed by atoms with Gasteiger partial charge in [-0.1, -0.05) is 30.3 Å². The highest BCUT2D eigenvalue weighted by molar-refractivity contribution is 7.98. The minimum Gasteiger partial charge on any atom is -0.460 e. The molecule has 0 spiro atoms. The lowest BCUT2D eigenvalue weighted by molar-refractivity contribution is -0.112. The smallest absolute Gasteiger partial charge is 0.341 e. The summed E-state index contributed by atoms with van der Waals surface area (Å²) in [6.45, 7) is 0.0793. The van der Waals surface area contributed by atoms with E-state index in [-0.39, 0.29) is 13.2 Å². The molecule has 1 aliphatic rings. The van der Waals surface area contributed by atoms with Gasteiger partial charge in [0.1, 0.15) is 23.2 Å². The van der Waals surface area contributed by atoms with Crippen LogP contribution in [-0.2, 0) is 22.7 Å². The lowest BCUT2D eigenvalue weighted by atomic mass is 10.1. The van der Waals surface area contributed by atoms with E-state index in [2.05, 4.69) is 4.98 Å². The predicted molar refractivity (Wildman–Crippen MR) is 106 cm³/mol. The third-order valence-corrected chi connectivity index (χ3v) is 5.15. The van der Waals surface area contributed by atoms with Crippen LogP contribution in [0.5, 0.6) is 5.75 Å². The Morgan fingerprint density at radius 3 is 2.86 bits per heavy atom. The Kier molecular flexibility index (Phi) is 5.78. The number of pyridine rings is 1. The number of carbonyl (C=O) groups is 1. The van der Waals surface area contributed by atoms with Crippen LogP contribution in [0.2, 0.25) is 0 Å². The zero-order valence-corrected chi connectivity index (χ0v) is 16.4. The maximum atomic E-state index is 14.1. The van der Waals surface area contributed by atoms with E-state index in [0.29, 0.717) is 27.5 Å². The Hall–Kier alpha value is -2.90. The number of hydrogen-bond acceptors (Lipinski definition) is 6. The highest BCUT2D eigenvalue weighted by Gasteiger charge is 2.26. The number of rotatable bonds is 5. The SMILES string of the molecule is CSc1ncccc1C(=O)OCc1cc(F)cc2c1OC(c1ccccc1)OC2. The summed E-state index contributed by atoms with van der Waals surface area (Å²) in [5, 5.41) is 0.576. The van der Waals surface area contributed by atoms with Gasteiger partial charge >= 0.3 is 5.97 Å². The number of benzene rings is 2. The summed E-state index contributed by atoms with van der Waals surface area (Å²) in [6, 6.07) is 15.5. The summed E-state index contributed by atoms with van der Waals surface area (Å²) in [6.07, 6.45) is 2.84. The standard InChI is InChI=1S/C22H18FNO4S/c1-29-20-18(8-5-9-24-20)21(25)26-12-15-10-17(23)11-16-13-27-22(28-19(15)16)14-6-3-2-4-7-14/h2-11,22H,12-13H2,1H3. The summed E-state index contributed by atoms with van der Waals surface area (Å²) < 4.78 is 31.2. The van der Waals surface area contributed by atoms with Gasteiger partial charge in [0, 0.05) is 22.9 Å². The molecule has 3 aromatic rings. The third kappa shape index (κ3) is 4.26. The largest absolute Gasteiger partial charge is 0.460 e. The average Bonchev–Trinajstić information content (AvgIpc) is 2.77. The van der Waals surface area contributed by atoms with Gasteiger partial charge in [0.2, 0.25) is 6.29 Å². The molecule has 2 heterocycles. The Labute approximate surface area is 171 Å². The second-order valence-corrected chi connectivity index (χ2v) is 7.16. The van der Waals surface area contributed by atoms with Crippen LogP contribution >= 0.6 is 11.8 Å². The topological polar surface area (TPSA) is 57.7 Å². The van der Waals surface area contributed by atoms with Crippen LogP contribution in [0, 0.1) is 5.82 Å². The van der Waals surface area contributed by atoms with Crippen LogP contribution in [0.25, 0.3) is 0 Å². The first-order valence-electron chi connectivity index (χ1n) is 8.96. The summed E-state index contributed by atoms with van der Waals surface area (Å²) in [5.41, 5.74) is 2.25. The molecular weight excluding hydrogens is 393 g/mol. The maximum Gasteiger partial charge on any atom is 0.341 e. The molecule has 1 atom stereocenters. The Balaban J connectivity index is 1.56. The molecule has 2 aromatic carbocycles. The molecule has 148 valence electrons. The molecule has 0 fully saturated rings. The Morgan fingerprint density at radius 1 is 1.24 bits per heavy atom. The van der Waals surface area contributed by atoms with E-state index in [1.165, 1.54) is 23.9 Å². The van der Waals surface area contributed by atoms with Crippen LogP contribution in [0.15, 0.2) is 65.8 Å². The molecule has 0 amide bonds. The Bertz CT molecular complexity index is 1030. The maximum absolute atomic E-state index is 14.1. The van der Waals surface area contributed by atoms with Gasteiger partial charge in [0.25, 0.3) is 0 Å². The van der Waals surface area contributed by atoms with E-state index in [1.54, 1.807) is 18.3 Å². The second kappa shape index (κ2) is 8.63. The average molecular weight is 411 g/mol. The van der Waals surface area contributed by atoms with Crippen LogP contribution in [0.4, 0.5) is 4.39 Å². The molecule has 1 unspecified atom stereocenters. The zero-order chi connectivity index (χ0) is 20.2. The van der Waals surface area contributed by atoms with E-state index in [1.807, 2.05) is 36.6 Å². The van der Waals surface area contributed by atoms with E-state index in [9.17, 15) is 9.18 Å². The number of ether oxygens (including phenoxy) is 3. The third-order valence-electron chi connectivity index (χ3n) is 4.44. The molecule has 0 saturated heterocycles. The molecular formula is C22H18FNO4S. The van der Waals surface area contributed by atoms with Crippen molar-refractivity contribution in [3.8, 4) is 5.75 Å². The van der Waals surface area contributed by atoms with Crippen molar-refractivity contribution >= 4 is 17.7 Å². The van der Waals surface area contributed by atoms with Crippen molar-refractivity contribution in [2.75, 3.05) is 6.26 Å². The number of halogens is 1. The molecule has 1 aliphatic heterocycles. The number of carbonyl (C=O) groups excluding carboxylic acids is 1. The summed E-state index contributed by atoms with van der Waals surface area (Å²) in [7, 11) is 0. The van der Waals surface area contributed by atoms with Gasteiger partial charge in [-0.25, -0.2) is 14.2 Å². The molecule has 7 heteroatoms. The second-order valence-electron chi connectivity index (χ2n) is 6.36. The first kappa shape index (κ1) is 19.4. The molecule has 29 heavy (non-hydrogen) atoms. The van der Waals surface area contributed by atoms with Crippen molar-refractivity contribution in [1.29, 1.82) is 0 Å². The fourth-order valence-corrected chi connectivity index (χ4v) is 3.63. The van der Waals surface area contributed by atoms with E-state index < -0.39 is 18.1 Å². The highest BCUT2D eigenvalue weighted by Crippen LogP contribution is 2.37. The monoisotopic (exact) mass is 411 g/mol. The summed E-state index contributed by atoms with van der Waals surface area (Å²) in [5.74, 6) is -0.478. The minimum absolute atomic E-state index is 0.122. The molecule has 0 bridgehead atoms. The number of nitrogens with zero attached hydrogens (tertiary/aromatic N) is 1. The number of esters is 1. The van der Waals surface area contributed by atoms with Crippen molar-refractivity contribution in [1.82, 2.24) is 4.98 Å². The molecule has 0 aliphatic carbocycles. The first-order chi connectivity index (χ1) is 14.2. The predicted octanol–water partition coefficient (Wildman–Crippen LogP) is 4.91. The van der Waals surface area contributed by atoms with Crippen molar-refractivity contribution in [2.45, 2.75) is 24.5 Å². The van der Waals surface area contributed by atoms with Gasteiger partial charge in [0.05, 0.1) is 12.2 Å². The molecule has 0 saturated carbocycles. The Morgan fingerprint density at radius 2 is 2.07 bits per heavy atom. The minimum atomic E-state index is -0.606. The highest BCUT2D eigenvalue weighted by atomic mass is 32.2. The normalized spacial score (nSPS) is 15.3. The van der Waals surface area contributed by atoms with Crippen LogP contribution in [0.1, 0.15) is 33.3 Å². The van der Waals surface area contributed by atoms with Gasteiger partial charge in [-0.3, -0.25) is 0 Å². The lowest BCUT2D eigenvalue weighted by Gasteiger charge is -2.28. The quantitative estimate of drug-likeness (QED) is 0.439. The van der Waals surface area contributed by atoms with E-state index >= 15 is 0 Å².